The second kappa shape index (κ2) is 7.11. The molecule has 1 saturated heterocycles. The first-order valence-corrected chi connectivity index (χ1v) is 9.58. The maximum atomic E-state index is 12.7. The second-order valence-corrected chi connectivity index (χ2v) is 7.88. The van der Waals surface area contributed by atoms with E-state index in [4.69, 9.17) is 9.47 Å². The van der Waals surface area contributed by atoms with Crippen molar-refractivity contribution in [3.63, 3.8) is 0 Å². The third-order valence-electron chi connectivity index (χ3n) is 4.66. The van der Waals surface area contributed by atoms with E-state index < -0.39 is 6.09 Å². The molecule has 1 aromatic carbocycles. The van der Waals surface area contributed by atoms with Gasteiger partial charge >= 0.3 is 6.09 Å². The topological polar surface area (TPSA) is 79.3 Å². The molecule has 2 amide bonds. The first kappa shape index (κ1) is 17.7. The van der Waals surface area contributed by atoms with Gasteiger partial charge in [0.15, 0.2) is 11.5 Å². The van der Waals surface area contributed by atoms with Crippen molar-refractivity contribution >= 4 is 23.3 Å². The number of hydrogen-bond donors (Lipinski definition) is 1. The molecule has 2 aliphatic heterocycles. The van der Waals surface area contributed by atoms with Crippen LogP contribution in [0.2, 0.25) is 0 Å². The number of aryl methyl sites for hydroxylation is 1. The average Bonchev–Trinajstić information content (AvgIpc) is 3.17. The van der Waals surface area contributed by atoms with Gasteiger partial charge in [-0.15, -0.1) is 11.3 Å². The molecule has 8 heteroatoms. The van der Waals surface area contributed by atoms with Gasteiger partial charge in [-0.05, 0) is 36.8 Å². The standard InChI is InChI=1S/C19H20N2O5S/c1-12-2-3-16(27-12)13-8-14-10-20(4-6-25-18(14)15(22)9-13)17(23)11-21-5-7-26-19(21)24/h2-3,8-9,22H,4-7,10-11H2,1H3. The second-order valence-electron chi connectivity index (χ2n) is 6.59. The van der Waals surface area contributed by atoms with Crippen LogP contribution in [0.25, 0.3) is 10.4 Å². The minimum atomic E-state index is -0.456. The van der Waals surface area contributed by atoms with E-state index in [1.807, 2.05) is 25.1 Å². The normalized spacial score (nSPS) is 16.6. The Morgan fingerprint density at radius 3 is 2.74 bits per heavy atom. The molecule has 2 aliphatic rings. The highest BCUT2D eigenvalue weighted by atomic mass is 32.1. The third-order valence-corrected chi connectivity index (χ3v) is 5.71. The molecule has 0 spiro atoms. The van der Waals surface area contributed by atoms with Gasteiger partial charge in [0.2, 0.25) is 5.91 Å². The van der Waals surface area contributed by atoms with Gasteiger partial charge in [-0.3, -0.25) is 9.69 Å². The van der Waals surface area contributed by atoms with E-state index in [-0.39, 0.29) is 24.8 Å². The molecule has 0 aliphatic carbocycles. The van der Waals surface area contributed by atoms with Crippen molar-refractivity contribution < 1.29 is 24.2 Å². The van der Waals surface area contributed by atoms with E-state index in [9.17, 15) is 14.7 Å². The first-order chi connectivity index (χ1) is 13.0. The highest BCUT2D eigenvalue weighted by Gasteiger charge is 2.28. The lowest BCUT2D eigenvalue weighted by atomic mass is 10.1. The van der Waals surface area contributed by atoms with E-state index >= 15 is 0 Å². The molecule has 3 heterocycles. The molecule has 0 atom stereocenters. The highest BCUT2D eigenvalue weighted by Crippen LogP contribution is 2.39. The maximum absolute atomic E-state index is 12.7. The van der Waals surface area contributed by atoms with Crippen molar-refractivity contribution in [1.29, 1.82) is 0 Å². The lowest BCUT2D eigenvalue weighted by Gasteiger charge is -2.22. The van der Waals surface area contributed by atoms with E-state index in [1.165, 1.54) is 9.78 Å². The lowest BCUT2D eigenvalue weighted by molar-refractivity contribution is -0.132. The van der Waals surface area contributed by atoms with Gasteiger partial charge in [0.05, 0.1) is 13.1 Å². The Balaban J connectivity index is 1.58. The third kappa shape index (κ3) is 3.57. The van der Waals surface area contributed by atoms with E-state index in [0.29, 0.717) is 32.0 Å². The molecule has 27 heavy (non-hydrogen) atoms. The number of benzene rings is 1. The quantitative estimate of drug-likeness (QED) is 0.874. The number of nitrogens with zero attached hydrogens (tertiary/aromatic N) is 2. The maximum Gasteiger partial charge on any atom is 0.410 e. The number of ether oxygens (including phenoxy) is 2. The highest BCUT2D eigenvalue weighted by molar-refractivity contribution is 7.15. The van der Waals surface area contributed by atoms with Crippen LogP contribution in [0.3, 0.4) is 0 Å². The Hall–Kier alpha value is -2.74. The van der Waals surface area contributed by atoms with Gasteiger partial charge in [0, 0.05) is 21.9 Å². The molecule has 1 fully saturated rings. The Kier molecular flexibility index (Phi) is 4.65. The molecule has 1 aromatic heterocycles. The average molecular weight is 388 g/mol. The summed E-state index contributed by atoms with van der Waals surface area (Å²) in [5.41, 5.74) is 1.65. The van der Waals surface area contributed by atoms with Crippen molar-refractivity contribution in [2.75, 3.05) is 32.8 Å². The molecular formula is C19H20N2O5S. The monoisotopic (exact) mass is 388 g/mol. The Morgan fingerprint density at radius 1 is 1.22 bits per heavy atom. The van der Waals surface area contributed by atoms with Gasteiger partial charge < -0.3 is 19.5 Å². The molecule has 1 N–H and O–H groups in total. The summed E-state index contributed by atoms with van der Waals surface area (Å²) in [5.74, 6) is 0.330. The Bertz CT molecular complexity index is 894. The van der Waals surface area contributed by atoms with Crippen LogP contribution in [-0.4, -0.2) is 59.8 Å². The van der Waals surface area contributed by atoms with E-state index in [2.05, 4.69) is 0 Å². The number of phenols is 1. The molecular weight excluding hydrogens is 368 g/mol. The molecule has 0 saturated carbocycles. The number of hydrogen-bond acceptors (Lipinski definition) is 6. The van der Waals surface area contributed by atoms with Crippen LogP contribution in [0.5, 0.6) is 11.5 Å². The SMILES string of the molecule is Cc1ccc(-c2cc(O)c3c(c2)CN(C(=O)CN2CCOC2=O)CCO3)s1. The molecule has 2 aromatic rings. The number of aromatic hydroxyl groups is 1. The zero-order chi connectivity index (χ0) is 19.0. The fourth-order valence-electron chi connectivity index (χ4n) is 3.28. The summed E-state index contributed by atoms with van der Waals surface area (Å²) in [4.78, 5) is 29.5. The summed E-state index contributed by atoms with van der Waals surface area (Å²) in [5, 5.41) is 10.4. The smallest absolute Gasteiger partial charge is 0.410 e. The molecule has 7 nitrogen and oxygen atoms in total. The van der Waals surface area contributed by atoms with Gasteiger partial charge in [-0.1, -0.05) is 0 Å². The molecule has 0 bridgehead atoms. The van der Waals surface area contributed by atoms with Crippen LogP contribution < -0.4 is 4.74 Å². The lowest BCUT2D eigenvalue weighted by Crippen LogP contribution is -2.41. The van der Waals surface area contributed by atoms with Gasteiger partial charge in [-0.25, -0.2) is 4.79 Å². The Morgan fingerprint density at radius 2 is 2.04 bits per heavy atom. The number of carbonyl (C=O) groups is 2. The zero-order valence-electron chi connectivity index (χ0n) is 14.9. The Labute approximate surface area is 160 Å². The van der Waals surface area contributed by atoms with Crippen molar-refractivity contribution in [2.45, 2.75) is 13.5 Å². The largest absolute Gasteiger partial charge is 0.504 e. The van der Waals surface area contributed by atoms with Crippen LogP contribution >= 0.6 is 11.3 Å². The van der Waals surface area contributed by atoms with E-state index in [0.717, 1.165) is 16.0 Å². The molecule has 142 valence electrons. The predicted octanol–water partition coefficient (Wildman–Crippen LogP) is 2.60. The summed E-state index contributed by atoms with van der Waals surface area (Å²) in [7, 11) is 0. The first-order valence-electron chi connectivity index (χ1n) is 8.76. The number of cyclic esters (lactones) is 1. The van der Waals surface area contributed by atoms with E-state index in [1.54, 1.807) is 22.3 Å². The summed E-state index contributed by atoms with van der Waals surface area (Å²) in [6.45, 7) is 3.76. The molecule has 4 rings (SSSR count). The van der Waals surface area contributed by atoms with Crippen molar-refractivity contribution in [1.82, 2.24) is 9.80 Å². The summed E-state index contributed by atoms with van der Waals surface area (Å²) in [6.07, 6.45) is -0.456. The van der Waals surface area contributed by atoms with Gasteiger partial charge in [0.25, 0.3) is 0 Å². The number of fused-ring (bicyclic) bond motifs is 1. The number of thiophene rings is 1. The van der Waals surface area contributed by atoms with Crippen LogP contribution in [0.1, 0.15) is 10.4 Å². The summed E-state index contributed by atoms with van der Waals surface area (Å²) in [6, 6.07) is 7.70. The van der Waals surface area contributed by atoms with Crippen LogP contribution in [0.4, 0.5) is 4.79 Å². The van der Waals surface area contributed by atoms with Crippen LogP contribution in [-0.2, 0) is 16.1 Å². The van der Waals surface area contributed by atoms with Crippen LogP contribution in [0.15, 0.2) is 24.3 Å². The fourth-order valence-corrected chi connectivity index (χ4v) is 4.13. The van der Waals surface area contributed by atoms with Gasteiger partial charge in [0.1, 0.15) is 19.8 Å². The van der Waals surface area contributed by atoms with Crippen molar-refractivity contribution in [3.05, 3.63) is 34.7 Å². The number of phenolic OH excluding ortho intramolecular Hbond substituents is 1. The minimum Gasteiger partial charge on any atom is -0.504 e. The van der Waals surface area contributed by atoms with Crippen molar-refractivity contribution in [3.8, 4) is 21.9 Å². The number of rotatable bonds is 3. The van der Waals surface area contributed by atoms with Gasteiger partial charge in [-0.2, -0.15) is 0 Å². The predicted molar refractivity (Wildman–Crippen MR) is 100.0 cm³/mol. The van der Waals surface area contributed by atoms with Crippen LogP contribution in [0, 0.1) is 6.92 Å². The minimum absolute atomic E-state index is 0.00996. The molecule has 0 radical (unpaired) electrons. The summed E-state index contributed by atoms with van der Waals surface area (Å²) >= 11 is 1.64. The van der Waals surface area contributed by atoms with Crippen molar-refractivity contribution in [2.24, 2.45) is 0 Å². The molecule has 0 unspecified atom stereocenters. The summed E-state index contributed by atoms with van der Waals surface area (Å²) < 4.78 is 10.6. The fraction of sp³-hybridized carbons (Fsp3) is 0.368. The number of carbonyl (C=O) groups excluding carboxylic acids is 2. The number of amides is 2. The zero-order valence-corrected chi connectivity index (χ0v) is 15.8.